The summed E-state index contributed by atoms with van der Waals surface area (Å²) in [4.78, 5) is 21.7. The highest BCUT2D eigenvalue weighted by molar-refractivity contribution is 5.95. The van der Waals surface area contributed by atoms with Crippen LogP contribution < -0.4 is 5.32 Å². The van der Waals surface area contributed by atoms with E-state index in [2.05, 4.69) is 43.7 Å². The molecule has 4 heterocycles. The van der Waals surface area contributed by atoms with E-state index in [0.717, 1.165) is 45.4 Å². The molecule has 3 aromatic heterocycles. The average molecular weight is 402 g/mol. The molecule has 1 aromatic carbocycles. The van der Waals surface area contributed by atoms with Crippen molar-refractivity contribution in [2.75, 3.05) is 32.1 Å². The lowest BCUT2D eigenvalue weighted by molar-refractivity contribution is -0.134. The van der Waals surface area contributed by atoms with E-state index in [9.17, 15) is 4.79 Å². The van der Waals surface area contributed by atoms with E-state index in [1.54, 1.807) is 13.3 Å². The first-order valence-corrected chi connectivity index (χ1v) is 9.85. The molecule has 1 amide bonds. The summed E-state index contributed by atoms with van der Waals surface area (Å²) in [6, 6.07) is 10.2. The Morgan fingerprint density at radius 3 is 3.07 bits per heavy atom. The van der Waals surface area contributed by atoms with Crippen molar-refractivity contribution < 1.29 is 9.53 Å². The second-order valence-electron chi connectivity index (χ2n) is 7.35. The van der Waals surface area contributed by atoms with Crippen LogP contribution in [0.5, 0.6) is 0 Å². The summed E-state index contributed by atoms with van der Waals surface area (Å²) in [6.07, 6.45) is 6.50. The largest absolute Gasteiger partial charge is 0.375 e. The van der Waals surface area contributed by atoms with Gasteiger partial charge in [-0.1, -0.05) is 6.08 Å². The molecule has 0 saturated heterocycles. The van der Waals surface area contributed by atoms with E-state index < -0.39 is 0 Å². The molecular weight excluding hydrogens is 380 g/mol. The SMILES string of the molecule is COCC(=O)N1CC=C(c2cc3c(Nc4ccc5[nH]ncc5c4)ccnc3[nH]2)CC1. The highest BCUT2D eigenvalue weighted by atomic mass is 16.5. The van der Waals surface area contributed by atoms with Gasteiger partial charge < -0.3 is 19.9 Å². The monoisotopic (exact) mass is 402 g/mol. The number of nitrogens with zero attached hydrogens (tertiary/aromatic N) is 3. The fraction of sp³-hybridized carbons (Fsp3) is 0.227. The van der Waals surface area contributed by atoms with E-state index in [-0.39, 0.29) is 12.5 Å². The molecule has 0 saturated carbocycles. The lowest BCUT2D eigenvalue weighted by Crippen LogP contribution is -2.36. The number of fused-ring (bicyclic) bond motifs is 2. The quantitative estimate of drug-likeness (QED) is 0.475. The Kier molecular flexibility index (Phi) is 4.68. The summed E-state index contributed by atoms with van der Waals surface area (Å²) in [5.74, 6) is 0.0205. The number of carbonyl (C=O) groups is 1. The van der Waals surface area contributed by atoms with Gasteiger partial charge >= 0.3 is 0 Å². The topological polar surface area (TPSA) is 98.9 Å². The first kappa shape index (κ1) is 18.4. The lowest BCUT2D eigenvalue weighted by atomic mass is 10.0. The number of pyridine rings is 1. The van der Waals surface area contributed by atoms with Gasteiger partial charge in [-0.2, -0.15) is 5.10 Å². The van der Waals surface area contributed by atoms with Crippen molar-refractivity contribution in [1.29, 1.82) is 0 Å². The molecule has 0 spiro atoms. The molecule has 5 rings (SSSR count). The maximum atomic E-state index is 12.0. The number of anilines is 2. The van der Waals surface area contributed by atoms with Crippen molar-refractivity contribution in [3.8, 4) is 0 Å². The van der Waals surface area contributed by atoms with E-state index in [1.165, 1.54) is 5.57 Å². The Balaban J connectivity index is 1.40. The van der Waals surface area contributed by atoms with Crippen molar-refractivity contribution in [3.63, 3.8) is 0 Å². The van der Waals surface area contributed by atoms with Crippen LogP contribution in [-0.2, 0) is 9.53 Å². The summed E-state index contributed by atoms with van der Waals surface area (Å²) in [5, 5.41) is 12.6. The number of ether oxygens (including phenoxy) is 1. The van der Waals surface area contributed by atoms with Gasteiger partial charge in [-0.3, -0.25) is 9.89 Å². The summed E-state index contributed by atoms with van der Waals surface area (Å²) in [6.45, 7) is 1.40. The van der Waals surface area contributed by atoms with Gasteiger partial charge in [0.2, 0.25) is 5.91 Å². The summed E-state index contributed by atoms with van der Waals surface area (Å²) < 4.78 is 4.95. The number of hydrogen-bond donors (Lipinski definition) is 3. The third kappa shape index (κ3) is 3.42. The van der Waals surface area contributed by atoms with Gasteiger partial charge in [0, 0.05) is 48.5 Å². The molecule has 0 atom stereocenters. The van der Waals surface area contributed by atoms with Crippen LogP contribution in [0.3, 0.4) is 0 Å². The number of aromatic nitrogens is 4. The Hall–Kier alpha value is -3.65. The molecule has 8 nitrogen and oxygen atoms in total. The van der Waals surface area contributed by atoms with Crippen molar-refractivity contribution >= 4 is 44.8 Å². The summed E-state index contributed by atoms with van der Waals surface area (Å²) in [5.41, 5.74) is 6.04. The van der Waals surface area contributed by atoms with Gasteiger partial charge in [-0.25, -0.2) is 4.98 Å². The molecular formula is C22H22N6O2. The van der Waals surface area contributed by atoms with Gasteiger partial charge in [0.1, 0.15) is 12.3 Å². The predicted octanol–water partition coefficient (Wildman–Crippen LogP) is 3.44. The second kappa shape index (κ2) is 7.64. The molecule has 3 N–H and O–H groups in total. The number of hydrogen-bond acceptors (Lipinski definition) is 5. The van der Waals surface area contributed by atoms with Gasteiger partial charge in [-0.15, -0.1) is 0 Å². The molecule has 4 aromatic rings. The molecule has 1 aliphatic heterocycles. The molecule has 0 fully saturated rings. The number of aromatic amines is 2. The average Bonchev–Trinajstić information content (AvgIpc) is 3.41. The number of H-pyrrole nitrogens is 2. The zero-order chi connectivity index (χ0) is 20.5. The van der Waals surface area contributed by atoms with Crippen molar-refractivity contribution in [2.24, 2.45) is 0 Å². The zero-order valence-corrected chi connectivity index (χ0v) is 16.6. The minimum Gasteiger partial charge on any atom is -0.375 e. The molecule has 0 unspecified atom stereocenters. The van der Waals surface area contributed by atoms with Gasteiger partial charge in [0.05, 0.1) is 17.4 Å². The normalized spacial score (nSPS) is 14.3. The maximum absolute atomic E-state index is 12.0. The van der Waals surface area contributed by atoms with Crippen LogP contribution >= 0.6 is 0 Å². The minimum absolute atomic E-state index is 0.0205. The fourth-order valence-electron chi connectivity index (χ4n) is 3.84. The van der Waals surface area contributed by atoms with Gasteiger partial charge in [-0.05, 0) is 42.3 Å². The summed E-state index contributed by atoms with van der Waals surface area (Å²) in [7, 11) is 1.54. The highest BCUT2D eigenvalue weighted by Gasteiger charge is 2.19. The van der Waals surface area contributed by atoms with Crippen LogP contribution in [-0.4, -0.2) is 57.8 Å². The first-order valence-electron chi connectivity index (χ1n) is 9.85. The third-order valence-corrected chi connectivity index (χ3v) is 5.43. The van der Waals surface area contributed by atoms with Crippen LogP contribution in [0, 0.1) is 0 Å². The number of benzene rings is 1. The van der Waals surface area contributed by atoms with Crippen LogP contribution in [0.25, 0.3) is 27.5 Å². The van der Waals surface area contributed by atoms with Gasteiger partial charge in [0.25, 0.3) is 0 Å². The smallest absolute Gasteiger partial charge is 0.248 e. The predicted molar refractivity (Wildman–Crippen MR) is 117 cm³/mol. The standard InChI is InChI=1S/C22H22N6O2/c1-30-13-21(29)28-8-5-14(6-9-28)20-11-17-19(4-7-23-22(17)26-20)25-16-2-3-18-15(10-16)12-24-27-18/h2-5,7,10-12H,6,8-9,13H2,1H3,(H,24,27)(H2,23,25,26). The van der Waals surface area contributed by atoms with Crippen molar-refractivity contribution in [1.82, 2.24) is 25.1 Å². The lowest BCUT2D eigenvalue weighted by Gasteiger charge is -2.26. The van der Waals surface area contributed by atoms with Crippen LogP contribution in [0.1, 0.15) is 12.1 Å². The Morgan fingerprint density at radius 1 is 1.30 bits per heavy atom. The molecule has 30 heavy (non-hydrogen) atoms. The van der Waals surface area contributed by atoms with Crippen molar-refractivity contribution in [3.05, 3.63) is 54.5 Å². The summed E-state index contributed by atoms with van der Waals surface area (Å²) >= 11 is 0. The van der Waals surface area contributed by atoms with Crippen LogP contribution in [0.2, 0.25) is 0 Å². The molecule has 1 aliphatic rings. The first-order chi connectivity index (χ1) is 14.7. The highest BCUT2D eigenvalue weighted by Crippen LogP contribution is 2.31. The van der Waals surface area contributed by atoms with E-state index in [1.807, 2.05) is 29.3 Å². The van der Waals surface area contributed by atoms with Crippen LogP contribution in [0.4, 0.5) is 11.4 Å². The van der Waals surface area contributed by atoms with E-state index >= 15 is 0 Å². The fourth-order valence-corrected chi connectivity index (χ4v) is 3.84. The Morgan fingerprint density at radius 2 is 2.23 bits per heavy atom. The number of nitrogens with one attached hydrogen (secondary N) is 3. The Bertz CT molecular complexity index is 1250. The number of methoxy groups -OCH3 is 1. The molecule has 152 valence electrons. The molecule has 8 heteroatoms. The van der Waals surface area contributed by atoms with E-state index in [0.29, 0.717) is 13.1 Å². The Labute approximate surface area is 172 Å². The number of carbonyl (C=O) groups excluding carboxylic acids is 1. The van der Waals surface area contributed by atoms with Crippen LogP contribution in [0.15, 0.2) is 48.8 Å². The number of rotatable bonds is 5. The maximum Gasteiger partial charge on any atom is 0.248 e. The van der Waals surface area contributed by atoms with Crippen molar-refractivity contribution in [2.45, 2.75) is 6.42 Å². The van der Waals surface area contributed by atoms with E-state index in [4.69, 9.17) is 4.74 Å². The zero-order valence-electron chi connectivity index (χ0n) is 16.6. The molecule has 0 bridgehead atoms. The second-order valence-corrected chi connectivity index (χ2v) is 7.35. The third-order valence-electron chi connectivity index (χ3n) is 5.43. The van der Waals surface area contributed by atoms with Gasteiger partial charge in [0.15, 0.2) is 0 Å². The minimum atomic E-state index is 0.0205. The number of amides is 1. The molecule has 0 aliphatic carbocycles. The molecule has 0 radical (unpaired) electrons.